The molecule has 0 fully saturated rings. The van der Waals surface area contributed by atoms with E-state index in [-0.39, 0.29) is 26.3 Å². The Kier molecular flexibility index (Phi) is 9.53. The number of ether oxygens (including phenoxy) is 1. The van der Waals surface area contributed by atoms with E-state index in [9.17, 15) is 24.6 Å². The van der Waals surface area contributed by atoms with E-state index in [2.05, 4.69) is 10.6 Å². The van der Waals surface area contributed by atoms with E-state index in [1.807, 2.05) is 0 Å². The Morgan fingerprint density at radius 2 is 1.84 bits per heavy atom. The zero-order valence-corrected chi connectivity index (χ0v) is 17.9. The quantitative estimate of drug-likeness (QED) is 0.296. The number of carboxylic acid groups (broad SMARTS) is 2. The molecule has 0 spiro atoms. The van der Waals surface area contributed by atoms with Gasteiger partial charge in [-0.25, -0.2) is 9.59 Å². The number of aliphatic carboxylic acids is 1. The van der Waals surface area contributed by atoms with Gasteiger partial charge in [0.15, 0.2) is 0 Å². The van der Waals surface area contributed by atoms with Crippen LogP contribution in [0.1, 0.15) is 9.67 Å². The number of hydrogen-bond acceptors (Lipinski definition) is 7. The van der Waals surface area contributed by atoms with Crippen LogP contribution in [-0.4, -0.2) is 72.2 Å². The maximum atomic E-state index is 12.0. The number of hydrogen-bond donors (Lipinski definition) is 5. The first kappa shape index (κ1) is 24.4. The van der Waals surface area contributed by atoms with Crippen molar-refractivity contribution in [3.63, 3.8) is 0 Å². The molecule has 1 aromatic carbocycles. The lowest BCUT2D eigenvalue weighted by Crippen LogP contribution is -2.42. The molecular formula is C19H22ClN3O7S. The van der Waals surface area contributed by atoms with Crippen LogP contribution in [0.2, 0.25) is 4.34 Å². The summed E-state index contributed by atoms with van der Waals surface area (Å²) in [5.41, 5.74) is 1.03. The number of nitrogens with zero attached hydrogens (tertiary/aromatic N) is 1. The van der Waals surface area contributed by atoms with Crippen molar-refractivity contribution in [1.29, 1.82) is 0 Å². The Balaban J connectivity index is 1.84. The van der Waals surface area contributed by atoms with Crippen LogP contribution in [0.4, 0.5) is 16.2 Å². The first-order chi connectivity index (χ1) is 14.8. The molecule has 168 valence electrons. The van der Waals surface area contributed by atoms with Gasteiger partial charge in [0.25, 0.3) is 5.91 Å². The molecule has 31 heavy (non-hydrogen) atoms. The van der Waals surface area contributed by atoms with Crippen molar-refractivity contribution < 1.29 is 34.4 Å². The average molecular weight is 472 g/mol. The number of aliphatic hydroxyl groups excluding tert-OH is 1. The predicted molar refractivity (Wildman–Crippen MR) is 116 cm³/mol. The third-order valence-corrected chi connectivity index (χ3v) is 5.13. The van der Waals surface area contributed by atoms with Crippen molar-refractivity contribution in [2.45, 2.75) is 6.10 Å². The third-order valence-electron chi connectivity index (χ3n) is 3.90. The van der Waals surface area contributed by atoms with E-state index in [1.54, 1.807) is 36.4 Å². The van der Waals surface area contributed by atoms with Crippen LogP contribution >= 0.6 is 22.9 Å². The van der Waals surface area contributed by atoms with Crippen molar-refractivity contribution in [2.75, 3.05) is 43.1 Å². The Bertz CT molecular complexity index is 891. The Labute approximate surface area is 187 Å². The van der Waals surface area contributed by atoms with Crippen LogP contribution in [0, 0.1) is 0 Å². The molecule has 0 saturated heterocycles. The molecule has 0 saturated carbocycles. The molecule has 10 nitrogen and oxygen atoms in total. The molecule has 1 aromatic heterocycles. The summed E-state index contributed by atoms with van der Waals surface area (Å²) in [5, 5.41) is 33.7. The van der Waals surface area contributed by atoms with Gasteiger partial charge < -0.3 is 30.7 Å². The normalized spacial score (nSPS) is 11.5. The lowest BCUT2D eigenvalue weighted by Gasteiger charge is -2.23. The molecule has 0 aliphatic carbocycles. The van der Waals surface area contributed by atoms with E-state index in [1.165, 1.54) is 0 Å². The van der Waals surface area contributed by atoms with E-state index in [4.69, 9.17) is 21.4 Å². The number of carbonyl (C=O) groups is 3. The highest BCUT2D eigenvalue weighted by Gasteiger charge is 2.19. The molecule has 12 heteroatoms. The Morgan fingerprint density at radius 3 is 2.42 bits per heavy atom. The molecule has 0 aliphatic rings. The molecule has 0 bridgehead atoms. The van der Waals surface area contributed by atoms with E-state index >= 15 is 0 Å². The van der Waals surface area contributed by atoms with Gasteiger partial charge in [-0.1, -0.05) is 11.6 Å². The van der Waals surface area contributed by atoms with E-state index < -0.39 is 24.1 Å². The zero-order valence-electron chi connectivity index (χ0n) is 16.3. The topological polar surface area (TPSA) is 148 Å². The summed E-state index contributed by atoms with van der Waals surface area (Å²) in [7, 11) is 0. The van der Waals surface area contributed by atoms with Gasteiger partial charge in [0.1, 0.15) is 6.61 Å². The van der Waals surface area contributed by atoms with Gasteiger partial charge in [0, 0.05) is 24.5 Å². The molecule has 1 atom stereocenters. The van der Waals surface area contributed by atoms with E-state index in [0.29, 0.717) is 27.1 Å². The number of benzene rings is 1. The summed E-state index contributed by atoms with van der Waals surface area (Å²) >= 11 is 6.89. The summed E-state index contributed by atoms with van der Waals surface area (Å²) < 4.78 is 5.38. The van der Waals surface area contributed by atoms with Gasteiger partial charge in [-0.2, -0.15) is 0 Å². The zero-order chi connectivity index (χ0) is 22.8. The second-order valence-electron chi connectivity index (χ2n) is 6.28. The van der Waals surface area contributed by atoms with E-state index in [0.717, 1.165) is 16.2 Å². The summed E-state index contributed by atoms with van der Waals surface area (Å²) in [6.45, 7) is -0.170. The summed E-state index contributed by atoms with van der Waals surface area (Å²) in [6.07, 6.45) is -2.38. The molecule has 1 unspecified atom stereocenters. The van der Waals surface area contributed by atoms with Gasteiger partial charge >= 0.3 is 12.1 Å². The number of halogens is 1. The number of rotatable bonds is 12. The predicted octanol–water partition coefficient (Wildman–Crippen LogP) is 2.19. The highest BCUT2D eigenvalue weighted by Crippen LogP contribution is 2.21. The second kappa shape index (κ2) is 12.1. The van der Waals surface area contributed by atoms with Crippen LogP contribution in [0.3, 0.4) is 0 Å². The first-order valence-electron chi connectivity index (χ1n) is 9.12. The fraction of sp³-hybridized carbons (Fsp3) is 0.316. The summed E-state index contributed by atoms with van der Waals surface area (Å²) in [5.74, 6) is -1.45. The highest BCUT2D eigenvalue weighted by atomic mass is 35.5. The maximum absolute atomic E-state index is 12.0. The number of carbonyl (C=O) groups excluding carboxylic acids is 1. The Morgan fingerprint density at radius 1 is 1.13 bits per heavy atom. The lowest BCUT2D eigenvalue weighted by molar-refractivity contribution is -0.142. The molecule has 2 amide bonds. The van der Waals surface area contributed by atoms with Crippen molar-refractivity contribution in [1.82, 2.24) is 5.32 Å². The van der Waals surface area contributed by atoms with Crippen molar-refractivity contribution in [3.05, 3.63) is 45.6 Å². The number of carboxylic acids is 1. The van der Waals surface area contributed by atoms with Crippen LogP contribution in [0.25, 0.3) is 0 Å². The third kappa shape index (κ3) is 8.42. The second-order valence-corrected chi connectivity index (χ2v) is 8.00. The van der Waals surface area contributed by atoms with Gasteiger partial charge in [0.05, 0.1) is 28.5 Å². The van der Waals surface area contributed by atoms with Crippen LogP contribution < -0.4 is 15.5 Å². The van der Waals surface area contributed by atoms with Crippen LogP contribution in [0.5, 0.6) is 0 Å². The molecule has 2 rings (SSSR count). The Hall–Kier alpha value is -2.86. The van der Waals surface area contributed by atoms with Gasteiger partial charge in [-0.3, -0.25) is 9.69 Å². The molecule has 1 heterocycles. The summed E-state index contributed by atoms with van der Waals surface area (Å²) in [6, 6.07) is 9.58. The fourth-order valence-electron chi connectivity index (χ4n) is 2.49. The monoisotopic (exact) mass is 471 g/mol. The van der Waals surface area contributed by atoms with Gasteiger partial charge in [-0.15, -0.1) is 11.3 Å². The molecule has 2 aromatic rings. The van der Waals surface area contributed by atoms with Crippen LogP contribution in [0.15, 0.2) is 36.4 Å². The number of nitrogens with one attached hydrogen (secondary N) is 2. The molecule has 5 N–H and O–H groups in total. The number of aliphatic hydroxyl groups is 1. The molecule has 0 aliphatic heterocycles. The molecular weight excluding hydrogens is 450 g/mol. The highest BCUT2D eigenvalue weighted by molar-refractivity contribution is 7.17. The standard InChI is InChI=1S/C19H22ClN3O7S/c20-16-6-5-15(31-16)18(27)22-9-14(24)10-23(19(28)29)13-3-1-12(2-4-13)21-7-8-30-11-17(25)26/h1-6,14,21,24H,7-11H2,(H,22,27)(H,25,26)(H,28,29). The van der Waals surface area contributed by atoms with Crippen molar-refractivity contribution in [3.8, 4) is 0 Å². The summed E-state index contributed by atoms with van der Waals surface area (Å²) in [4.78, 5) is 35.3. The smallest absolute Gasteiger partial charge is 0.411 e. The lowest BCUT2D eigenvalue weighted by atomic mass is 10.2. The SMILES string of the molecule is O=C(O)COCCNc1ccc(N(CC(O)CNC(=O)c2ccc(Cl)s2)C(=O)O)cc1. The van der Waals surface area contributed by atoms with Gasteiger partial charge in [0.2, 0.25) is 0 Å². The van der Waals surface area contributed by atoms with Gasteiger partial charge in [-0.05, 0) is 36.4 Å². The fourth-order valence-corrected chi connectivity index (χ4v) is 3.45. The first-order valence-corrected chi connectivity index (χ1v) is 10.3. The molecule has 0 radical (unpaired) electrons. The van der Waals surface area contributed by atoms with Crippen molar-refractivity contribution in [2.24, 2.45) is 0 Å². The minimum absolute atomic E-state index is 0.131. The number of anilines is 2. The largest absolute Gasteiger partial charge is 0.480 e. The van der Waals surface area contributed by atoms with Crippen molar-refractivity contribution >= 4 is 52.3 Å². The minimum Gasteiger partial charge on any atom is -0.480 e. The number of amides is 2. The number of thiophene rings is 1. The minimum atomic E-state index is -1.25. The van der Waals surface area contributed by atoms with Crippen LogP contribution in [-0.2, 0) is 9.53 Å². The average Bonchev–Trinajstić information content (AvgIpc) is 3.16. The maximum Gasteiger partial charge on any atom is 0.411 e.